The molecule has 6 heteroatoms. The maximum absolute atomic E-state index is 12.0. The van der Waals surface area contributed by atoms with E-state index in [1.165, 1.54) is 4.90 Å². The van der Waals surface area contributed by atoms with Crippen molar-refractivity contribution in [1.82, 2.24) is 9.80 Å². The molecule has 0 saturated carbocycles. The fraction of sp³-hybridized carbons (Fsp3) is 0.692. The highest BCUT2D eigenvalue weighted by Gasteiger charge is 2.41. The first kappa shape index (κ1) is 14.4. The Hall–Kier alpha value is -1.04. The molecule has 0 aliphatic carbocycles. The molecule has 0 aromatic carbocycles. The third kappa shape index (κ3) is 2.63. The number of rotatable bonds is 4. The molecule has 2 aliphatic rings. The van der Waals surface area contributed by atoms with Crippen LogP contribution < -0.4 is 0 Å². The first-order chi connectivity index (χ1) is 8.95. The SMILES string of the molecule is [CH2-]C1CC(=O)N(C(C)N2CC(SCC)CC2=O)C1=O. The average Bonchev–Trinajstić information content (AvgIpc) is 2.81. The Kier molecular flexibility index (Phi) is 4.18. The molecule has 0 aromatic rings. The lowest BCUT2D eigenvalue weighted by Gasteiger charge is -2.32. The standard InChI is InChI=1S/C13H19N2O3S/c1-4-19-10-6-11(16)14(7-10)9(3)15-12(17)5-8(2)13(15)18/h8-10H,2,4-7H2,1,3H3/q-1. The molecule has 2 saturated heterocycles. The predicted octanol–water partition coefficient (Wildman–Crippen LogP) is 0.896. The molecule has 0 aromatic heterocycles. The van der Waals surface area contributed by atoms with Gasteiger partial charge in [-0.1, -0.05) is 12.8 Å². The summed E-state index contributed by atoms with van der Waals surface area (Å²) in [5, 5.41) is 0.267. The van der Waals surface area contributed by atoms with Crippen LogP contribution in [0.4, 0.5) is 0 Å². The molecule has 0 spiro atoms. The van der Waals surface area contributed by atoms with Gasteiger partial charge in [-0.25, -0.2) is 0 Å². The van der Waals surface area contributed by atoms with Crippen LogP contribution in [0.5, 0.6) is 0 Å². The summed E-state index contributed by atoms with van der Waals surface area (Å²) < 4.78 is 0. The summed E-state index contributed by atoms with van der Waals surface area (Å²) in [4.78, 5) is 38.6. The van der Waals surface area contributed by atoms with Crippen molar-refractivity contribution in [1.29, 1.82) is 0 Å². The molecule has 3 unspecified atom stereocenters. The predicted molar refractivity (Wildman–Crippen MR) is 73.0 cm³/mol. The average molecular weight is 283 g/mol. The van der Waals surface area contributed by atoms with Crippen molar-refractivity contribution < 1.29 is 14.4 Å². The Balaban J connectivity index is 2.08. The van der Waals surface area contributed by atoms with Crippen molar-refractivity contribution in [3.8, 4) is 0 Å². The molecule has 106 valence electrons. The molecule has 3 amide bonds. The van der Waals surface area contributed by atoms with Gasteiger partial charge in [0, 0.05) is 24.6 Å². The van der Waals surface area contributed by atoms with Crippen molar-refractivity contribution in [3.63, 3.8) is 0 Å². The first-order valence-electron chi connectivity index (χ1n) is 6.55. The van der Waals surface area contributed by atoms with E-state index in [1.54, 1.807) is 23.6 Å². The Bertz CT molecular complexity index is 413. The van der Waals surface area contributed by atoms with E-state index in [-0.39, 0.29) is 29.4 Å². The number of hydrogen-bond donors (Lipinski definition) is 0. The number of amides is 3. The molecule has 2 heterocycles. The summed E-state index contributed by atoms with van der Waals surface area (Å²) in [5.41, 5.74) is 0. The van der Waals surface area contributed by atoms with Gasteiger partial charge in [0.05, 0.1) is 0 Å². The maximum atomic E-state index is 12.0. The number of likely N-dealkylation sites (tertiary alicyclic amines) is 2. The second-order valence-electron chi connectivity index (χ2n) is 4.96. The molecule has 0 N–H and O–H groups in total. The van der Waals surface area contributed by atoms with E-state index in [0.717, 1.165) is 5.75 Å². The number of carbonyl (C=O) groups excluding carboxylic acids is 3. The Morgan fingerprint density at radius 2 is 2.00 bits per heavy atom. The van der Waals surface area contributed by atoms with Gasteiger partial charge in [-0.2, -0.15) is 11.8 Å². The van der Waals surface area contributed by atoms with Crippen LogP contribution in [-0.4, -0.2) is 51.2 Å². The fourth-order valence-electron chi connectivity index (χ4n) is 2.65. The highest BCUT2D eigenvalue weighted by Crippen LogP contribution is 2.29. The normalized spacial score (nSPS) is 29.5. The van der Waals surface area contributed by atoms with Gasteiger partial charge in [-0.05, 0) is 12.7 Å². The number of carbonyl (C=O) groups is 3. The summed E-state index contributed by atoms with van der Waals surface area (Å²) in [6.07, 6.45) is 0.160. The zero-order valence-electron chi connectivity index (χ0n) is 11.3. The topological polar surface area (TPSA) is 57.7 Å². The highest BCUT2D eigenvalue weighted by atomic mass is 32.2. The number of hydrogen-bond acceptors (Lipinski definition) is 4. The van der Waals surface area contributed by atoms with E-state index in [4.69, 9.17) is 0 Å². The monoisotopic (exact) mass is 283 g/mol. The van der Waals surface area contributed by atoms with Crippen LogP contribution in [0.3, 0.4) is 0 Å². The lowest BCUT2D eigenvalue weighted by atomic mass is 10.1. The van der Waals surface area contributed by atoms with Gasteiger partial charge in [0.2, 0.25) is 17.7 Å². The lowest BCUT2D eigenvalue weighted by Crippen LogP contribution is -2.50. The zero-order chi connectivity index (χ0) is 14.2. The molecule has 2 fully saturated rings. The molecular weight excluding hydrogens is 264 g/mol. The molecule has 0 radical (unpaired) electrons. The van der Waals surface area contributed by atoms with E-state index in [2.05, 4.69) is 13.8 Å². The minimum Gasteiger partial charge on any atom is -0.331 e. The van der Waals surface area contributed by atoms with Gasteiger partial charge in [0.1, 0.15) is 6.17 Å². The quantitative estimate of drug-likeness (QED) is 0.568. The molecule has 2 aliphatic heterocycles. The van der Waals surface area contributed by atoms with Crippen molar-refractivity contribution in [3.05, 3.63) is 6.92 Å². The highest BCUT2D eigenvalue weighted by molar-refractivity contribution is 7.99. The minimum absolute atomic E-state index is 0.0200. The summed E-state index contributed by atoms with van der Waals surface area (Å²) in [7, 11) is 0. The lowest BCUT2D eigenvalue weighted by molar-refractivity contribution is -0.148. The van der Waals surface area contributed by atoms with Crippen molar-refractivity contribution >= 4 is 29.5 Å². The van der Waals surface area contributed by atoms with Gasteiger partial charge >= 0.3 is 0 Å². The van der Waals surface area contributed by atoms with Gasteiger partial charge in [0.25, 0.3) is 0 Å². The summed E-state index contributed by atoms with van der Waals surface area (Å²) in [6, 6.07) is 0. The van der Waals surface area contributed by atoms with Crippen molar-refractivity contribution in [2.24, 2.45) is 5.92 Å². The second-order valence-corrected chi connectivity index (χ2v) is 6.54. The summed E-state index contributed by atoms with van der Waals surface area (Å²) >= 11 is 1.75. The molecule has 0 bridgehead atoms. The number of imide groups is 1. The van der Waals surface area contributed by atoms with Crippen LogP contribution >= 0.6 is 11.8 Å². The van der Waals surface area contributed by atoms with Crippen LogP contribution in [-0.2, 0) is 14.4 Å². The van der Waals surface area contributed by atoms with E-state index in [0.29, 0.717) is 13.0 Å². The van der Waals surface area contributed by atoms with E-state index in [9.17, 15) is 14.4 Å². The van der Waals surface area contributed by atoms with Gasteiger partial charge in [0.15, 0.2) is 0 Å². The Morgan fingerprint density at radius 1 is 1.32 bits per heavy atom. The largest absolute Gasteiger partial charge is 0.331 e. The van der Waals surface area contributed by atoms with Crippen LogP contribution in [0.2, 0.25) is 0 Å². The molecule has 3 atom stereocenters. The molecule has 5 nitrogen and oxygen atoms in total. The Morgan fingerprint density at radius 3 is 2.53 bits per heavy atom. The van der Waals surface area contributed by atoms with E-state index in [1.807, 2.05) is 0 Å². The smallest absolute Gasteiger partial charge is 0.228 e. The van der Waals surface area contributed by atoms with E-state index >= 15 is 0 Å². The second kappa shape index (κ2) is 5.53. The number of nitrogens with zero attached hydrogens (tertiary/aromatic N) is 2. The van der Waals surface area contributed by atoms with E-state index < -0.39 is 12.1 Å². The summed E-state index contributed by atoms with van der Waals surface area (Å²) in [5.74, 6) is -0.0169. The third-order valence-corrected chi connectivity index (χ3v) is 4.75. The third-order valence-electron chi connectivity index (χ3n) is 3.63. The van der Waals surface area contributed by atoms with Crippen LogP contribution in [0.1, 0.15) is 26.7 Å². The van der Waals surface area contributed by atoms with Crippen molar-refractivity contribution in [2.75, 3.05) is 12.3 Å². The minimum atomic E-state index is -0.506. The van der Waals surface area contributed by atoms with Crippen LogP contribution in [0, 0.1) is 12.8 Å². The van der Waals surface area contributed by atoms with Crippen molar-refractivity contribution in [2.45, 2.75) is 38.1 Å². The van der Waals surface area contributed by atoms with Gasteiger partial charge in [-0.3, -0.25) is 19.3 Å². The summed E-state index contributed by atoms with van der Waals surface area (Å²) in [6.45, 7) is 8.08. The first-order valence-corrected chi connectivity index (χ1v) is 7.60. The molecule has 2 rings (SSSR count). The fourth-order valence-corrected chi connectivity index (χ4v) is 3.65. The number of thioether (sulfide) groups is 1. The zero-order valence-corrected chi connectivity index (χ0v) is 12.1. The van der Waals surface area contributed by atoms with Crippen LogP contribution in [0.15, 0.2) is 0 Å². The maximum Gasteiger partial charge on any atom is 0.228 e. The van der Waals surface area contributed by atoms with Gasteiger partial charge < -0.3 is 11.8 Å². The van der Waals surface area contributed by atoms with Gasteiger partial charge in [-0.15, -0.1) is 0 Å². The molecule has 19 heavy (non-hydrogen) atoms. The molecular formula is C13H19N2O3S-. The van der Waals surface area contributed by atoms with Crippen LogP contribution in [0.25, 0.3) is 0 Å². The Labute approximate surface area is 117 Å².